The van der Waals surface area contributed by atoms with Gasteiger partial charge >= 0.3 is 0 Å². The Morgan fingerprint density at radius 2 is 2.00 bits per heavy atom. The Hall–Kier alpha value is -0.740. The Bertz CT molecular complexity index is 350. The number of benzene rings is 1. The number of methoxy groups -OCH3 is 2. The number of rotatable bonds is 5. The first-order valence-corrected chi connectivity index (χ1v) is 5.96. The second-order valence-electron chi connectivity index (χ2n) is 3.70. The van der Waals surface area contributed by atoms with E-state index in [9.17, 15) is 5.11 Å². The molecule has 0 amide bonds. The summed E-state index contributed by atoms with van der Waals surface area (Å²) < 4.78 is 11.3. The minimum absolute atomic E-state index is 0.285. The van der Waals surface area contributed by atoms with Crippen molar-refractivity contribution in [2.24, 2.45) is 0 Å². The van der Waals surface area contributed by atoms with Gasteiger partial charge in [0, 0.05) is 0 Å². The Balaban J connectivity index is 2.92. The standard InChI is InChI=1S/C12H17BrO3/c1-8(14)4-5-9-6-10(13)12(16-3)11(7-9)15-2/h6-8,14H,4-5H2,1-3H3. The van der Waals surface area contributed by atoms with Crippen molar-refractivity contribution < 1.29 is 14.6 Å². The van der Waals surface area contributed by atoms with Gasteiger partial charge in [0.25, 0.3) is 0 Å². The normalized spacial score (nSPS) is 12.3. The molecule has 0 saturated heterocycles. The second-order valence-corrected chi connectivity index (χ2v) is 4.56. The summed E-state index contributed by atoms with van der Waals surface area (Å²) in [6.07, 6.45) is 1.27. The molecule has 16 heavy (non-hydrogen) atoms. The van der Waals surface area contributed by atoms with Gasteiger partial charge < -0.3 is 14.6 Å². The number of aryl methyl sites for hydroxylation is 1. The van der Waals surface area contributed by atoms with Crippen LogP contribution < -0.4 is 9.47 Å². The number of hydrogen-bond donors (Lipinski definition) is 1. The summed E-state index contributed by atoms with van der Waals surface area (Å²) in [6, 6.07) is 3.93. The van der Waals surface area contributed by atoms with Gasteiger partial charge in [0.1, 0.15) is 0 Å². The topological polar surface area (TPSA) is 38.7 Å². The molecule has 0 bridgehead atoms. The summed E-state index contributed by atoms with van der Waals surface area (Å²) >= 11 is 3.44. The molecule has 90 valence electrons. The van der Waals surface area contributed by atoms with E-state index in [0.717, 1.165) is 22.9 Å². The molecule has 0 heterocycles. The Morgan fingerprint density at radius 3 is 2.50 bits per heavy atom. The van der Waals surface area contributed by atoms with Crippen molar-refractivity contribution in [3.05, 3.63) is 22.2 Å². The average molecular weight is 289 g/mol. The van der Waals surface area contributed by atoms with E-state index < -0.39 is 0 Å². The van der Waals surface area contributed by atoms with E-state index in [2.05, 4.69) is 15.9 Å². The van der Waals surface area contributed by atoms with Crippen LogP contribution in [0.3, 0.4) is 0 Å². The highest BCUT2D eigenvalue weighted by Crippen LogP contribution is 2.36. The number of halogens is 1. The van der Waals surface area contributed by atoms with Gasteiger partial charge in [-0.2, -0.15) is 0 Å². The van der Waals surface area contributed by atoms with E-state index in [0.29, 0.717) is 11.5 Å². The van der Waals surface area contributed by atoms with E-state index >= 15 is 0 Å². The molecule has 0 spiro atoms. The fraction of sp³-hybridized carbons (Fsp3) is 0.500. The minimum Gasteiger partial charge on any atom is -0.493 e. The molecule has 0 radical (unpaired) electrons. The summed E-state index contributed by atoms with van der Waals surface area (Å²) in [6.45, 7) is 1.79. The van der Waals surface area contributed by atoms with Crippen molar-refractivity contribution in [3.8, 4) is 11.5 Å². The first-order valence-electron chi connectivity index (χ1n) is 5.17. The van der Waals surface area contributed by atoms with Crippen LogP contribution in [-0.2, 0) is 6.42 Å². The van der Waals surface area contributed by atoms with Crippen molar-refractivity contribution in [2.45, 2.75) is 25.9 Å². The van der Waals surface area contributed by atoms with Crippen LogP contribution in [0.15, 0.2) is 16.6 Å². The molecule has 1 atom stereocenters. The van der Waals surface area contributed by atoms with Crippen molar-refractivity contribution >= 4 is 15.9 Å². The molecule has 1 unspecified atom stereocenters. The predicted molar refractivity (Wildman–Crippen MR) is 67.2 cm³/mol. The van der Waals surface area contributed by atoms with E-state index in [4.69, 9.17) is 9.47 Å². The number of ether oxygens (including phenoxy) is 2. The minimum atomic E-state index is -0.285. The molecule has 1 aromatic rings. The van der Waals surface area contributed by atoms with Crippen molar-refractivity contribution in [1.82, 2.24) is 0 Å². The van der Waals surface area contributed by atoms with Crippen molar-refractivity contribution in [2.75, 3.05) is 14.2 Å². The second kappa shape index (κ2) is 6.11. The molecular formula is C12H17BrO3. The lowest BCUT2D eigenvalue weighted by Gasteiger charge is -2.12. The van der Waals surface area contributed by atoms with E-state index in [-0.39, 0.29) is 6.10 Å². The van der Waals surface area contributed by atoms with Crippen molar-refractivity contribution in [1.29, 1.82) is 0 Å². The smallest absolute Gasteiger partial charge is 0.174 e. The summed E-state index contributed by atoms with van der Waals surface area (Å²) in [5.74, 6) is 1.40. The SMILES string of the molecule is COc1cc(CCC(C)O)cc(Br)c1OC. The predicted octanol–water partition coefficient (Wildman–Crippen LogP) is 2.78. The first-order chi connectivity index (χ1) is 7.58. The van der Waals surface area contributed by atoms with Crippen molar-refractivity contribution in [3.63, 3.8) is 0 Å². The molecule has 0 aliphatic rings. The van der Waals surface area contributed by atoms with Gasteiger partial charge in [-0.25, -0.2) is 0 Å². The van der Waals surface area contributed by atoms with Gasteiger partial charge in [-0.05, 0) is 53.4 Å². The van der Waals surface area contributed by atoms with Gasteiger partial charge in [-0.15, -0.1) is 0 Å². The zero-order valence-electron chi connectivity index (χ0n) is 9.79. The quantitative estimate of drug-likeness (QED) is 0.906. The largest absolute Gasteiger partial charge is 0.493 e. The zero-order chi connectivity index (χ0) is 12.1. The molecule has 1 N–H and O–H groups in total. The third-order valence-corrected chi connectivity index (χ3v) is 2.93. The Kier molecular flexibility index (Phi) is 5.09. The highest BCUT2D eigenvalue weighted by atomic mass is 79.9. The van der Waals surface area contributed by atoms with Crippen LogP contribution in [0.4, 0.5) is 0 Å². The molecule has 1 rings (SSSR count). The molecule has 0 aliphatic carbocycles. The number of aliphatic hydroxyl groups is 1. The molecule has 4 heteroatoms. The van der Waals surface area contributed by atoms with Crippen LogP contribution in [-0.4, -0.2) is 25.4 Å². The fourth-order valence-corrected chi connectivity index (χ4v) is 2.14. The van der Waals surface area contributed by atoms with Gasteiger partial charge in [0.2, 0.25) is 0 Å². The van der Waals surface area contributed by atoms with Crippen LogP contribution in [0.25, 0.3) is 0 Å². The van der Waals surface area contributed by atoms with Gasteiger partial charge in [0.05, 0.1) is 24.8 Å². The summed E-state index contributed by atoms with van der Waals surface area (Å²) in [7, 11) is 3.22. The fourth-order valence-electron chi connectivity index (χ4n) is 1.49. The average Bonchev–Trinajstić information content (AvgIpc) is 2.25. The maximum absolute atomic E-state index is 9.24. The van der Waals surface area contributed by atoms with Crippen LogP contribution in [0.5, 0.6) is 11.5 Å². The first kappa shape index (κ1) is 13.3. The highest BCUT2D eigenvalue weighted by molar-refractivity contribution is 9.10. The summed E-state index contributed by atoms with van der Waals surface area (Å²) in [4.78, 5) is 0. The van der Waals surface area contributed by atoms with E-state index in [1.54, 1.807) is 21.1 Å². The third kappa shape index (κ3) is 3.39. The third-order valence-electron chi connectivity index (χ3n) is 2.34. The van der Waals surface area contributed by atoms with Gasteiger partial charge in [0.15, 0.2) is 11.5 Å². The monoisotopic (exact) mass is 288 g/mol. The van der Waals surface area contributed by atoms with Crippen LogP contribution in [0, 0.1) is 0 Å². The molecular weight excluding hydrogens is 272 g/mol. The number of aliphatic hydroxyl groups excluding tert-OH is 1. The van der Waals surface area contributed by atoms with Gasteiger partial charge in [-0.1, -0.05) is 0 Å². The molecule has 0 aliphatic heterocycles. The van der Waals surface area contributed by atoms with Crippen LogP contribution >= 0.6 is 15.9 Å². The molecule has 0 fully saturated rings. The van der Waals surface area contributed by atoms with Crippen LogP contribution in [0.1, 0.15) is 18.9 Å². The lowest BCUT2D eigenvalue weighted by Crippen LogP contribution is -2.02. The Labute approximate surface area is 105 Å². The lowest BCUT2D eigenvalue weighted by molar-refractivity contribution is 0.185. The van der Waals surface area contributed by atoms with E-state index in [1.807, 2.05) is 12.1 Å². The maximum atomic E-state index is 9.24. The summed E-state index contributed by atoms with van der Waals surface area (Å²) in [5.41, 5.74) is 1.12. The molecule has 1 aromatic carbocycles. The van der Waals surface area contributed by atoms with Crippen LogP contribution in [0.2, 0.25) is 0 Å². The molecule has 3 nitrogen and oxygen atoms in total. The maximum Gasteiger partial charge on any atom is 0.174 e. The molecule has 0 saturated carbocycles. The molecule has 0 aromatic heterocycles. The highest BCUT2D eigenvalue weighted by Gasteiger charge is 2.10. The Morgan fingerprint density at radius 1 is 1.31 bits per heavy atom. The zero-order valence-corrected chi connectivity index (χ0v) is 11.4. The lowest BCUT2D eigenvalue weighted by atomic mass is 10.1. The van der Waals surface area contributed by atoms with E-state index in [1.165, 1.54) is 0 Å². The van der Waals surface area contributed by atoms with Gasteiger partial charge in [-0.3, -0.25) is 0 Å². The summed E-state index contributed by atoms with van der Waals surface area (Å²) in [5, 5.41) is 9.24. The number of hydrogen-bond acceptors (Lipinski definition) is 3.